The molecule has 4 rings (SSSR count). The number of benzene rings is 1. The molecule has 144 valence electrons. The summed E-state index contributed by atoms with van der Waals surface area (Å²) in [4.78, 5) is 26.0. The highest BCUT2D eigenvalue weighted by molar-refractivity contribution is 7.91. The molecule has 1 N–H and O–H groups in total. The molecular weight excluding hydrogens is 442 g/mol. The van der Waals surface area contributed by atoms with Crippen LogP contribution in [-0.4, -0.2) is 27.4 Å². The minimum atomic E-state index is -3.53. The fourth-order valence-electron chi connectivity index (χ4n) is 2.94. The van der Waals surface area contributed by atoms with Crippen molar-refractivity contribution in [1.29, 1.82) is 0 Å². The van der Waals surface area contributed by atoms with Gasteiger partial charge in [0.2, 0.25) is 0 Å². The lowest BCUT2D eigenvalue weighted by Gasteiger charge is -2.16. The van der Waals surface area contributed by atoms with Crippen molar-refractivity contribution in [1.82, 2.24) is 0 Å². The number of nitrogens with one attached hydrogen (secondary N) is 1. The van der Waals surface area contributed by atoms with Crippen LogP contribution >= 0.6 is 34.3 Å². The van der Waals surface area contributed by atoms with E-state index in [0.29, 0.717) is 31.6 Å². The SMILES string of the molecule is COC(=O)c1sccc1NC(=O)c1cc2c(s1)-c1ccc(Cl)cc1S(=O)(=O)C2. The second kappa shape index (κ2) is 7.00. The minimum Gasteiger partial charge on any atom is -0.465 e. The summed E-state index contributed by atoms with van der Waals surface area (Å²) in [5.41, 5.74) is 1.47. The third-order valence-electron chi connectivity index (χ3n) is 4.19. The van der Waals surface area contributed by atoms with Crippen molar-refractivity contribution in [3.63, 3.8) is 0 Å². The Balaban J connectivity index is 1.70. The number of carbonyl (C=O) groups excluding carboxylic acids is 2. The van der Waals surface area contributed by atoms with Crippen LogP contribution < -0.4 is 5.32 Å². The summed E-state index contributed by atoms with van der Waals surface area (Å²) in [7, 11) is -2.26. The molecule has 3 aromatic rings. The Labute approximate surface area is 173 Å². The van der Waals surface area contributed by atoms with Gasteiger partial charge in [-0.25, -0.2) is 13.2 Å². The number of carbonyl (C=O) groups is 2. The number of thiophene rings is 2. The third kappa shape index (κ3) is 3.24. The summed E-state index contributed by atoms with van der Waals surface area (Å²) in [6.45, 7) is 0. The number of esters is 1. The van der Waals surface area contributed by atoms with Gasteiger partial charge in [0, 0.05) is 15.5 Å². The average Bonchev–Trinajstić information content (AvgIpc) is 3.27. The summed E-state index contributed by atoms with van der Waals surface area (Å²) in [5, 5.41) is 4.71. The fraction of sp³-hybridized carbons (Fsp3) is 0.111. The van der Waals surface area contributed by atoms with Crippen LogP contribution in [0.25, 0.3) is 10.4 Å². The molecule has 0 radical (unpaired) electrons. The zero-order valence-electron chi connectivity index (χ0n) is 14.3. The number of anilines is 1. The predicted octanol–water partition coefficient (Wildman–Crippen LogP) is 4.46. The largest absolute Gasteiger partial charge is 0.465 e. The van der Waals surface area contributed by atoms with E-state index in [0.717, 1.165) is 16.2 Å². The van der Waals surface area contributed by atoms with Gasteiger partial charge in [0.15, 0.2) is 9.84 Å². The van der Waals surface area contributed by atoms with Gasteiger partial charge in [-0.2, -0.15) is 0 Å². The van der Waals surface area contributed by atoms with Crippen LogP contribution in [0.2, 0.25) is 5.02 Å². The van der Waals surface area contributed by atoms with Gasteiger partial charge in [-0.15, -0.1) is 22.7 Å². The van der Waals surface area contributed by atoms with Crippen LogP contribution in [0, 0.1) is 0 Å². The first-order chi connectivity index (χ1) is 13.3. The molecule has 0 aliphatic carbocycles. The number of hydrogen-bond donors (Lipinski definition) is 1. The van der Waals surface area contributed by atoms with Gasteiger partial charge >= 0.3 is 5.97 Å². The number of halogens is 1. The van der Waals surface area contributed by atoms with Crippen LogP contribution in [0.1, 0.15) is 24.9 Å². The number of methoxy groups -OCH3 is 1. The van der Waals surface area contributed by atoms with Gasteiger partial charge in [-0.05, 0) is 35.2 Å². The monoisotopic (exact) mass is 453 g/mol. The molecule has 1 aromatic carbocycles. The Hall–Kier alpha value is -2.20. The lowest BCUT2D eigenvalue weighted by molar-refractivity contribution is 0.0607. The fourth-order valence-corrected chi connectivity index (χ4v) is 6.82. The van der Waals surface area contributed by atoms with Crippen LogP contribution in [0.3, 0.4) is 0 Å². The van der Waals surface area contributed by atoms with Crippen LogP contribution in [0.15, 0.2) is 40.6 Å². The molecule has 0 saturated carbocycles. The predicted molar refractivity (Wildman–Crippen MR) is 109 cm³/mol. The molecule has 0 unspecified atom stereocenters. The van der Waals surface area contributed by atoms with Crippen molar-refractivity contribution < 1.29 is 22.7 Å². The van der Waals surface area contributed by atoms with Crippen LogP contribution in [0.4, 0.5) is 5.69 Å². The van der Waals surface area contributed by atoms with Crippen LogP contribution in [-0.2, 0) is 20.3 Å². The summed E-state index contributed by atoms with van der Waals surface area (Å²) in [6, 6.07) is 7.90. The highest BCUT2D eigenvalue weighted by atomic mass is 35.5. The second-order valence-corrected chi connectivity index (χ2v) is 10.3. The summed E-state index contributed by atoms with van der Waals surface area (Å²) in [5.74, 6) is -1.14. The van der Waals surface area contributed by atoms with E-state index in [2.05, 4.69) is 5.32 Å². The number of ether oxygens (including phenoxy) is 1. The molecule has 1 aliphatic rings. The van der Waals surface area contributed by atoms with Gasteiger partial charge < -0.3 is 10.1 Å². The first-order valence-corrected chi connectivity index (χ1v) is 11.7. The van der Waals surface area contributed by atoms with Crippen LogP contribution in [0.5, 0.6) is 0 Å². The molecule has 0 bridgehead atoms. The molecular formula is C18H12ClNO5S3. The Morgan fingerprint density at radius 2 is 2.00 bits per heavy atom. The highest BCUT2D eigenvalue weighted by Crippen LogP contribution is 2.43. The van der Waals surface area contributed by atoms with Crippen molar-refractivity contribution in [2.24, 2.45) is 0 Å². The van der Waals surface area contributed by atoms with E-state index < -0.39 is 21.7 Å². The molecule has 6 nitrogen and oxygen atoms in total. The Morgan fingerprint density at radius 1 is 1.21 bits per heavy atom. The molecule has 0 atom stereocenters. The van der Waals surface area contributed by atoms with E-state index in [-0.39, 0.29) is 10.6 Å². The van der Waals surface area contributed by atoms with Crippen molar-refractivity contribution in [2.45, 2.75) is 10.6 Å². The van der Waals surface area contributed by atoms with Crippen molar-refractivity contribution >= 4 is 61.7 Å². The zero-order chi connectivity index (χ0) is 20.1. The van der Waals surface area contributed by atoms with E-state index in [1.807, 2.05) is 0 Å². The van der Waals surface area contributed by atoms with E-state index in [4.69, 9.17) is 16.3 Å². The smallest absolute Gasteiger partial charge is 0.350 e. The Kier molecular flexibility index (Phi) is 4.78. The third-order valence-corrected chi connectivity index (χ3v) is 8.22. The number of sulfone groups is 1. The molecule has 3 heterocycles. The first kappa shape index (κ1) is 19.1. The molecule has 28 heavy (non-hydrogen) atoms. The quantitative estimate of drug-likeness (QED) is 0.591. The molecule has 10 heteroatoms. The molecule has 2 aromatic heterocycles. The normalized spacial score (nSPS) is 14.1. The van der Waals surface area contributed by atoms with Gasteiger partial charge in [0.25, 0.3) is 5.91 Å². The standard InChI is InChI=1S/C18H12ClNO5S3/c1-25-18(22)16-12(4-5-26-16)20-17(21)13-6-9-8-28(23,24)14-7-10(19)2-3-11(14)15(9)27-13/h2-7H,8H2,1H3,(H,20,21). The topological polar surface area (TPSA) is 89.5 Å². The van der Waals surface area contributed by atoms with Gasteiger partial charge in [-0.1, -0.05) is 17.7 Å². The Morgan fingerprint density at radius 3 is 2.75 bits per heavy atom. The molecule has 1 amide bonds. The average molecular weight is 454 g/mol. The maximum Gasteiger partial charge on any atom is 0.350 e. The van der Waals surface area contributed by atoms with Gasteiger partial charge in [0.05, 0.1) is 28.3 Å². The van der Waals surface area contributed by atoms with Crippen molar-refractivity contribution in [3.8, 4) is 10.4 Å². The number of fused-ring (bicyclic) bond motifs is 3. The van der Waals surface area contributed by atoms with Crippen molar-refractivity contribution in [2.75, 3.05) is 12.4 Å². The Bertz CT molecular complexity index is 1230. The van der Waals surface area contributed by atoms with Crippen molar-refractivity contribution in [3.05, 3.63) is 56.1 Å². The lowest BCUT2D eigenvalue weighted by Crippen LogP contribution is -2.13. The summed E-state index contributed by atoms with van der Waals surface area (Å²) in [6.07, 6.45) is 0. The number of rotatable bonds is 3. The number of hydrogen-bond acceptors (Lipinski definition) is 7. The molecule has 0 saturated heterocycles. The van der Waals surface area contributed by atoms with Gasteiger partial charge in [-0.3, -0.25) is 4.79 Å². The molecule has 0 spiro atoms. The maximum absolute atomic E-state index is 12.7. The zero-order valence-corrected chi connectivity index (χ0v) is 17.5. The molecule has 1 aliphatic heterocycles. The summed E-state index contributed by atoms with van der Waals surface area (Å²) < 4.78 is 29.8. The minimum absolute atomic E-state index is 0.173. The van der Waals surface area contributed by atoms with E-state index in [9.17, 15) is 18.0 Å². The lowest BCUT2D eigenvalue weighted by atomic mass is 10.1. The maximum atomic E-state index is 12.7. The van der Waals surface area contributed by atoms with E-state index >= 15 is 0 Å². The van der Waals surface area contributed by atoms with Gasteiger partial charge in [0.1, 0.15) is 4.88 Å². The molecule has 0 fully saturated rings. The number of amides is 1. The van der Waals surface area contributed by atoms with E-state index in [1.165, 1.54) is 24.5 Å². The highest BCUT2D eigenvalue weighted by Gasteiger charge is 2.31. The second-order valence-electron chi connectivity index (χ2n) is 5.97. The van der Waals surface area contributed by atoms with E-state index in [1.54, 1.807) is 29.6 Å². The first-order valence-electron chi connectivity index (χ1n) is 7.92. The summed E-state index contributed by atoms with van der Waals surface area (Å²) >= 11 is 8.32.